The maximum absolute atomic E-state index is 13.7. The van der Waals surface area contributed by atoms with Crippen LogP contribution in [-0.2, 0) is 17.6 Å². The second kappa shape index (κ2) is 9.31. The van der Waals surface area contributed by atoms with Crippen LogP contribution >= 0.6 is 0 Å². The fraction of sp³-hybridized carbons (Fsp3) is 0.391. The van der Waals surface area contributed by atoms with Gasteiger partial charge in [-0.15, -0.1) is 0 Å². The number of nitriles is 1. The van der Waals surface area contributed by atoms with Gasteiger partial charge in [-0.3, -0.25) is 19.4 Å². The summed E-state index contributed by atoms with van der Waals surface area (Å²) in [5, 5.41) is 11.3. The number of carbonyl (C=O) groups excluding carboxylic acids is 1. The van der Waals surface area contributed by atoms with Gasteiger partial charge in [-0.1, -0.05) is 43.9 Å². The van der Waals surface area contributed by atoms with Gasteiger partial charge in [0.25, 0.3) is 0 Å². The molecule has 3 aromatic rings. The van der Waals surface area contributed by atoms with Crippen molar-refractivity contribution in [1.29, 1.82) is 5.26 Å². The van der Waals surface area contributed by atoms with Gasteiger partial charge < -0.3 is 4.74 Å². The van der Waals surface area contributed by atoms with E-state index < -0.39 is 38.7 Å². The van der Waals surface area contributed by atoms with Crippen LogP contribution in [0.3, 0.4) is 0 Å². The first-order chi connectivity index (χ1) is 16.5. The van der Waals surface area contributed by atoms with Crippen LogP contribution in [0.1, 0.15) is 5.69 Å². The number of nitrogens with zero attached hydrogens (tertiary/aromatic N) is 6. The van der Waals surface area contributed by atoms with Gasteiger partial charge in [-0.25, -0.2) is 9.78 Å². The monoisotopic (exact) mass is 502 g/mol. The third-order valence-electron chi connectivity index (χ3n) is 5.74. The number of urea groups is 1. The highest BCUT2D eigenvalue weighted by molar-refractivity contribution is 6.76. The lowest BCUT2D eigenvalue weighted by atomic mass is 10.1. The topological polar surface area (TPSA) is 87.3 Å². The average molecular weight is 503 g/mol. The molecule has 1 aliphatic heterocycles. The number of halogens is 3. The minimum Gasteiger partial charge on any atom is -0.361 e. The number of anilines is 2. The quantitative estimate of drug-likeness (QED) is 0.331. The van der Waals surface area contributed by atoms with Gasteiger partial charge in [0.05, 0.1) is 30.7 Å². The molecule has 12 heteroatoms. The molecule has 2 aromatic heterocycles. The number of pyridine rings is 1. The van der Waals surface area contributed by atoms with E-state index in [0.29, 0.717) is 23.9 Å². The number of hydrogen-bond acceptors (Lipinski definition) is 5. The van der Waals surface area contributed by atoms with Crippen molar-refractivity contribution in [3.8, 4) is 6.07 Å². The molecule has 1 atom stereocenters. The van der Waals surface area contributed by atoms with E-state index in [9.17, 15) is 23.2 Å². The molecule has 1 unspecified atom stereocenters. The highest BCUT2D eigenvalue weighted by Gasteiger charge is 2.44. The number of rotatable bonds is 7. The summed E-state index contributed by atoms with van der Waals surface area (Å²) in [7, 11) is -1.45. The molecule has 0 bridgehead atoms. The Hall–Kier alpha value is -3.43. The number of hydrogen-bond donors (Lipinski definition) is 0. The van der Waals surface area contributed by atoms with E-state index in [1.807, 2.05) is 12.1 Å². The fourth-order valence-electron chi connectivity index (χ4n) is 3.89. The predicted octanol–water partition coefficient (Wildman–Crippen LogP) is 5.10. The molecule has 0 saturated carbocycles. The zero-order valence-corrected chi connectivity index (χ0v) is 20.6. The molecular weight excluding hydrogens is 477 g/mol. The molecule has 4 rings (SSSR count). The smallest absolute Gasteiger partial charge is 0.361 e. The van der Waals surface area contributed by atoms with Crippen molar-refractivity contribution in [1.82, 2.24) is 14.5 Å². The molecule has 0 spiro atoms. The van der Waals surface area contributed by atoms with Crippen LogP contribution < -0.4 is 9.80 Å². The Balaban J connectivity index is 1.69. The van der Waals surface area contributed by atoms with Crippen molar-refractivity contribution in [3.63, 3.8) is 0 Å². The summed E-state index contributed by atoms with van der Waals surface area (Å²) >= 11 is 0. The van der Waals surface area contributed by atoms with Crippen molar-refractivity contribution < 1.29 is 22.7 Å². The summed E-state index contributed by atoms with van der Waals surface area (Å²) in [6.07, 6.45) is -0.891. The van der Waals surface area contributed by atoms with Crippen LogP contribution in [0.15, 0.2) is 42.9 Å². The first kappa shape index (κ1) is 24.7. The van der Waals surface area contributed by atoms with Crippen LogP contribution in [0.4, 0.5) is 29.6 Å². The molecule has 3 heterocycles. The summed E-state index contributed by atoms with van der Waals surface area (Å²) in [5.74, 6) is -0.216. The van der Waals surface area contributed by atoms with Crippen LogP contribution in [0.2, 0.25) is 25.7 Å². The van der Waals surface area contributed by atoms with Gasteiger partial charge in [0.1, 0.15) is 18.5 Å². The van der Waals surface area contributed by atoms with Crippen LogP contribution in [-0.4, -0.2) is 47.8 Å². The Kier molecular flexibility index (Phi) is 6.57. The Bertz CT molecular complexity index is 1280. The highest BCUT2D eigenvalue weighted by Crippen LogP contribution is 2.36. The molecule has 1 saturated heterocycles. The lowest BCUT2D eigenvalue weighted by molar-refractivity contribution is -0.145. The SMILES string of the molecule is C[Si](C)(C)CCOCn1c(C(F)(F)F)cnc1N1CC(C#N)N(c2cncc3ccccc23)C1=O. The maximum atomic E-state index is 13.7. The minimum atomic E-state index is -4.69. The fourth-order valence-corrected chi connectivity index (χ4v) is 4.65. The van der Waals surface area contributed by atoms with Crippen molar-refractivity contribution >= 4 is 36.5 Å². The van der Waals surface area contributed by atoms with E-state index in [2.05, 4.69) is 35.7 Å². The minimum absolute atomic E-state index is 0.151. The van der Waals surface area contributed by atoms with E-state index in [4.69, 9.17) is 4.74 Å². The normalized spacial score (nSPS) is 16.8. The van der Waals surface area contributed by atoms with Crippen molar-refractivity contribution in [2.45, 2.75) is 44.6 Å². The number of benzene rings is 1. The van der Waals surface area contributed by atoms with Crippen molar-refractivity contribution in [3.05, 3.63) is 48.5 Å². The molecule has 1 fully saturated rings. The summed E-state index contributed by atoms with van der Waals surface area (Å²) in [4.78, 5) is 23.9. The molecule has 1 aliphatic rings. The molecular formula is C23H25F3N6O2Si. The summed E-state index contributed by atoms with van der Waals surface area (Å²) in [6, 6.07) is 8.51. The molecule has 184 valence electrons. The number of alkyl halides is 3. The van der Waals surface area contributed by atoms with Gasteiger partial charge in [0, 0.05) is 31.7 Å². The van der Waals surface area contributed by atoms with Gasteiger partial charge in [0.2, 0.25) is 5.95 Å². The van der Waals surface area contributed by atoms with Gasteiger partial charge in [0.15, 0.2) is 0 Å². The number of aromatic nitrogens is 3. The molecule has 0 aliphatic carbocycles. The van der Waals surface area contributed by atoms with Gasteiger partial charge >= 0.3 is 12.2 Å². The molecule has 35 heavy (non-hydrogen) atoms. The number of imidazole rings is 1. The van der Waals surface area contributed by atoms with E-state index in [-0.39, 0.29) is 12.5 Å². The zero-order valence-electron chi connectivity index (χ0n) is 19.6. The number of amides is 2. The molecule has 8 nitrogen and oxygen atoms in total. The van der Waals surface area contributed by atoms with Crippen LogP contribution in [0, 0.1) is 11.3 Å². The number of fused-ring (bicyclic) bond motifs is 1. The number of carbonyl (C=O) groups is 1. The lowest BCUT2D eigenvalue weighted by Crippen LogP contribution is -2.35. The Labute approximate surface area is 201 Å². The predicted molar refractivity (Wildman–Crippen MR) is 128 cm³/mol. The number of ether oxygens (including phenoxy) is 1. The largest absolute Gasteiger partial charge is 0.433 e. The molecule has 0 radical (unpaired) electrons. The van der Waals surface area contributed by atoms with Crippen molar-refractivity contribution in [2.24, 2.45) is 0 Å². The Morgan fingerprint density at radius 3 is 2.63 bits per heavy atom. The van der Waals surface area contributed by atoms with Gasteiger partial charge in [-0.2, -0.15) is 18.4 Å². The lowest BCUT2D eigenvalue weighted by Gasteiger charge is -2.22. The molecule has 1 aromatic carbocycles. The van der Waals surface area contributed by atoms with Crippen molar-refractivity contribution in [2.75, 3.05) is 23.0 Å². The maximum Gasteiger partial charge on any atom is 0.433 e. The summed E-state index contributed by atoms with van der Waals surface area (Å²) < 4.78 is 47.6. The summed E-state index contributed by atoms with van der Waals surface area (Å²) in [6.45, 7) is 6.16. The van der Waals surface area contributed by atoms with E-state index >= 15 is 0 Å². The third kappa shape index (κ3) is 5.01. The van der Waals surface area contributed by atoms with E-state index in [1.165, 1.54) is 11.1 Å². The van der Waals surface area contributed by atoms with Crippen LogP contribution in [0.5, 0.6) is 0 Å². The van der Waals surface area contributed by atoms with Gasteiger partial charge in [-0.05, 0) is 6.04 Å². The molecule has 2 amide bonds. The second-order valence-electron chi connectivity index (χ2n) is 9.51. The first-order valence-corrected chi connectivity index (χ1v) is 14.8. The standard InChI is InChI=1S/C23H25F3N6O2Si/c1-35(2,3)9-8-34-15-31-20(23(24,25)26)13-29-21(31)30-14-17(10-27)32(22(30)33)19-12-28-11-16-6-4-5-7-18(16)19/h4-7,11-13,17H,8-9,14-15H2,1-3H3. The summed E-state index contributed by atoms with van der Waals surface area (Å²) in [5.41, 5.74) is -0.616. The first-order valence-electron chi connectivity index (χ1n) is 11.0. The van der Waals surface area contributed by atoms with E-state index in [0.717, 1.165) is 20.9 Å². The van der Waals surface area contributed by atoms with E-state index in [1.54, 1.807) is 18.3 Å². The highest BCUT2D eigenvalue weighted by atomic mass is 28.3. The average Bonchev–Trinajstić information content (AvgIpc) is 3.36. The Morgan fingerprint density at radius 1 is 1.20 bits per heavy atom. The Morgan fingerprint density at radius 2 is 1.94 bits per heavy atom. The molecule has 0 N–H and O–H groups in total. The second-order valence-corrected chi connectivity index (χ2v) is 15.1. The van der Waals surface area contributed by atoms with Crippen LogP contribution in [0.25, 0.3) is 10.8 Å². The third-order valence-corrected chi connectivity index (χ3v) is 7.45. The zero-order chi connectivity index (χ0) is 25.4.